The van der Waals surface area contributed by atoms with Crippen molar-refractivity contribution in [2.24, 2.45) is 11.8 Å². The molecule has 9 nitrogen and oxygen atoms in total. The molecule has 4 N–H and O–H groups in total. The highest BCUT2D eigenvalue weighted by molar-refractivity contribution is 5.89. The first-order valence-corrected chi connectivity index (χ1v) is 10.5. The number of carbonyl (C=O) groups excluding carboxylic acids is 2. The van der Waals surface area contributed by atoms with Gasteiger partial charge in [0.15, 0.2) is 0 Å². The number of likely N-dealkylation sites (tertiary alicyclic amines) is 1. The number of aromatic amines is 1. The van der Waals surface area contributed by atoms with Crippen molar-refractivity contribution in [2.75, 3.05) is 13.2 Å². The number of aliphatic hydroxyl groups is 2. The van der Waals surface area contributed by atoms with Crippen LogP contribution in [0.5, 0.6) is 0 Å². The zero-order valence-electron chi connectivity index (χ0n) is 18.0. The summed E-state index contributed by atoms with van der Waals surface area (Å²) in [4.78, 5) is 41.5. The van der Waals surface area contributed by atoms with Gasteiger partial charge in [0.1, 0.15) is 6.04 Å². The Kier molecular flexibility index (Phi) is 6.97. The van der Waals surface area contributed by atoms with Gasteiger partial charge in [-0.05, 0) is 23.6 Å². The molecule has 0 bridgehead atoms. The molecule has 0 aliphatic carbocycles. The van der Waals surface area contributed by atoms with Gasteiger partial charge < -0.3 is 25.4 Å². The van der Waals surface area contributed by atoms with Gasteiger partial charge in [0.2, 0.25) is 11.8 Å². The highest BCUT2D eigenvalue weighted by Crippen LogP contribution is 2.24. The van der Waals surface area contributed by atoms with Crippen LogP contribution in [0, 0.1) is 11.8 Å². The normalized spacial score (nSPS) is 20.6. The van der Waals surface area contributed by atoms with E-state index in [1.165, 1.54) is 15.7 Å². The van der Waals surface area contributed by atoms with Crippen molar-refractivity contribution < 1.29 is 19.8 Å². The van der Waals surface area contributed by atoms with Crippen molar-refractivity contribution >= 4 is 11.8 Å². The minimum Gasteiger partial charge on any atom is -0.394 e. The summed E-state index contributed by atoms with van der Waals surface area (Å²) in [6.07, 6.45) is 2.55. The van der Waals surface area contributed by atoms with E-state index >= 15 is 0 Å². The number of H-pyrrole nitrogens is 1. The monoisotopic (exact) mass is 430 g/mol. The van der Waals surface area contributed by atoms with Gasteiger partial charge in [0.05, 0.1) is 24.4 Å². The highest BCUT2D eigenvalue weighted by atomic mass is 16.3. The summed E-state index contributed by atoms with van der Waals surface area (Å²) in [7, 11) is 0. The first-order valence-electron chi connectivity index (χ1n) is 10.5. The van der Waals surface area contributed by atoms with Gasteiger partial charge in [-0.25, -0.2) is 4.79 Å². The van der Waals surface area contributed by atoms with Crippen LogP contribution in [0.3, 0.4) is 0 Å². The van der Waals surface area contributed by atoms with Crippen LogP contribution >= 0.6 is 0 Å². The van der Waals surface area contributed by atoms with E-state index < -0.39 is 24.1 Å². The van der Waals surface area contributed by atoms with Gasteiger partial charge in [-0.15, -0.1) is 0 Å². The molecule has 31 heavy (non-hydrogen) atoms. The molecule has 1 aromatic heterocycles. The molecule has 2 heterocycles. The van der Waals surface area contributed by atoms with Gasteiger partial charge in [0, 0.05) is 31.3 Å². The van der Waals surface area contributed by atoms with Crippen molar-refractivity contribution in [3.63, 3.8) is 0 Å². The Balaban J connectivity index is 1.73. The molecule has 1 aliphatic rings. The Morgan fingerprint density at radius 2 is 1.90 bits per heavy atom. The van der Waals surface area contributed by atoms with E-state index in [1.54, 1.807) is 30.5 Å². The van der Waals surface area contributed by atoms with Crippen molar-refractivity contribution in [3.8, 4) is 5.69 Å². The molecule has 1 saturated heterocycles. The third-order valence-corrected chi connectivity index (χ3v) is 5.98. The van der Waals surface area contributed by atoms with Crippen molar-refractivity contribution in [1.29, 1.82) is 0 Å². The van der Waals surface area contributed by atoms with Crippen LogP contribution in [0.4, 0.5) is 0 Å². The molecule has 1 aliphatic heterocycles. The average molecular weight is 431 g/mol. The Labute approximate surface area is 180 Å². The maximum atomic E-state index is 13.0. The number of rotatable bonds is 7. The number of aromatic nitrogens is 2. The average Bonchev–Trinajstić information content (AvgIpc) is 3.36. The molecular formula is C22H30N4O5. The first kappa shape index (κ1) is 22.8. The second-order valence-electron chi connectivity index (χ2n) is 8.40. The number of nitrogens with zero attached hydrogens (tertiary/aromatic N) is 2. The van der Waals surface area contributed by atoms with Crippen molar-refractivity contribution in [1.82, 2.24) is 19.8 Å². The minimum atomic E-state index is -0.782. The van der Waals surface area contributed by atoms with E-state index in [9.17, 15) is 24.6 Å². The molecule has 2 aromatic rings. The molecule has 1 aromatic carbocycles. The lowest BCUT2D eigenvalue weighted by Gasteiger charge is -2.29. The second-order valence-corrected chi connectivity index (χ2v) is 8.40. The summed E-state index contributed by atoms with van der Waals surface area (Å²) < 4.78 is 1.44. The van der Waals surface area contributed by atoms with Gasteiger partial charge in [-0.2, -0.15) is 0 Å². The standard InChI is InChI=1S/C22H30N4O5/c1-13(2)14(3)21(30)26-11-17(28)10-19(26)20(29)24-18(12-27)15-4-6-16(7-5-15)25-9-8-23-22(25)31/h4-9,13-14,17-19,27-28H,10-12H2,1-3H3,(H,23,31)(H,24,29)/t14-,17+,18-,19-/m0/s1. The fourth-order valence-electron chi connectivity index (χ4n) is 3.75. The molecule has 4 atom stereocenters. The summed E-state index contributed by atoms with van der Waals surface area (Å²) in [5.74, 6) is -0.719. The van der Waals surface area contributed by atoms with Crippen LogP contribution in [0.15, 0.2) is 41.5 Å². The Hall–Kier alpha value is -2.91. The number of nitrogens with one attached hydrogen (secondary N) is 2. The minimum absolute atomic E-state index is 0.116. The van der Waals surface area contributed by atoms with Crippen molar-refractivity contribution in [2.45, 2.75) is 45.4 Å². The smallest absolute Gasteiger partial charge is 0.330 e. The summed E-state index contributed by atoms with van der Waals surface area (Å²) in [6.45, 7) is 5.49. The largest absolute Gasteiger partial charge is 0.394 e. The zero-order valence-corrected chi connectivity index (χ0v) is 18.0. The zero-order chi connectivity index (χ0) is 22.7. The molecule has 0 radical (unpaired) electrons. The third-order valence-electron chi connectivity index (χ3n) is 5.98. The maximum Gasteiger partial charge on any atom is 0.330 e. The Morgan fingerprint density at radius 1 is 1.23 bits per heavy atom. The SMILES string of the molecule is CC(C)[C@H](C)C(=O)N1C[C@H](O)C[C@H]1C(=O)N[C@@H](CO)c1ccc(-n2cc[nH]c2=O)cc1. The Bertz CT molecular complexity index is 965. The number of hydrogen-bond acceptors (Lipinski definition) is 5. The van der Waals surface area contributed by atoms with Crippen LogP contribution in [0.1, 0.15) is 38.8 Å². The number of benzene rings is 1. The van der Waals surface area contributed by atoms with Crippen LogP contribution in [0.25, 0.3) is 5.69 Å². The summed E-state index contributed by atoms with van der Waals surface area (Å²) in [6, 6.07) is 5.43. The molecule has 9 heteroatoms. The van der Waals surface area contributed by atoms with E-state index in [4.69, 9.17) is 0 Å². The molecule has 168 valence electrons. The van der Waals surface area contributed by atoms with E-state index in [2.05, 4.69) is 10.3 Å². The summed E-state index contributed by atoms with van der Waals surface area (Å²) in [5, 5.41) is 22.7. The number of amides is 2. The third kappa shape index (κ3) is 4.88. The highest BCUT2D eigenvalue weighted by Gasteiger charge is 2.41. The van der Waals surface area contributed by atoms with E-state index in [0.29, 0.717) is 11.3 Å². The number of aliphatic hydroxyl groups excluding tert-OH is 2. The van der Waals surface area contributed by atoms with Crippen LogP contribution in [0.2, 0.25) is 0 Å². The number of imidazole rings is 1. The lowest BCUT2D eigenvalue weighted by Crippen LogP contribution is -2.49. The number of carbonyl (C=O) groups is 2. The molecular weight excluding hydrogens is 400 g/mol. The van der Waals surface area contributed by atoms with Crippen LogP contribution in [-0.4, -0.2) is 61.8 Å². The molecule has 1 fully saturated rings. The fourth-order valence-corrected chi connectivity index (χ4v) is 3.75. The summed E-state index contributed by atoms with van der Waals surface area (Å²) >= 11 is 0. The predicted octanol–water partition coefficient (Wildman–Crippen LogP) is 0.569. The molecule has 0 saturated carbocycles. The first-order chi connectivity index (χ1) is 14.7. The van der Waals surface area contributed by atoms with Crippen molar-refractivity contribution in [3.05, 3.63) is 52.7 Å². The molecule has 3 rings (SSSR count). The lowest BCUT2D eigenvalue weighted by molar-refractivity contribution is -0.142. The lowest BCUT2D eigenvalue weighted by atomic mass is 9.96. The molecule has 0 unspecified atom stereocenters. The van der Waals surface area contributed by atoms with E-state index in [-0.39, 0.29) is 43.0 Å². The molecule has 0 spiro atoms. The maximum absolute atomic E-state index is 13.0. The number of β-amino-alcohol motifs (C(OH)–C–C–N with tert-alkyl or cyclic N) is 1. The Morgan fingerprint density at radius 3 is 2.45 bits per heavy atom. The quantitative estimate of drug-likeness (QED) is 0.511. The van der Waals surface area contributed by atoms with E-state index in [0.717, 1.165) is 0 Å². The second kappa shape index (κ2) is 9.49. The fraction of sp³-hybridized carbons (Fsp3) is 0.500. The van der Waals surface area contributed by atoms with Gasteiger partial charge in [-0.1, -0.05) is 32.9 Å². The van der Waals surface area contributed by atoms with Gasteiger partial charge >= 0.3 is 5.69 Å². The predicted molar refractivity (Wildman–Crippen MR) is 114 cm³/mol. The molecule has 2 amide bonds. The van der Waals surface area contributed by atoms with Crippen LogP contribution in [-0.2, 0) is 9.59 Å². The van der Waals surface area contributed by atoms with Gasteiger partial charge in [-0.3, -0.25) is 14.2 Å². The number of hydrogen-bond donors (Lipinski definition) is 4. The van der Waals surface area contributed by atoms with Gasteiger partial charge in [0.25, 0.3) is 0 Å². The summed E-state index contributed by atoms with van der Waals surface area (Å²) in [5.41, 5.74) is 1.05. The topological polar surface area (TPSA) is 128 Å². The van der Waals surface area contributed by atoms with Crippen LogP contribution < -0.4 is 11.0 Å². The van der Waals surface area contributed by atoms with E-state index in [1.807, 2.05) is 20.8 Å².